The Morgan fingerprint density at radius 1 is 1.09 bits per heavy atom. The highest BCUT2D eigenvalue weighted by molar-refractivity contribution is 7.92. The number of carbonyl (C=O) groups is 1. The van der Waals surface area contributed by atoms with Gasteiger partial charge < -0.3 is 14.8 Å². The molecule has 0 saturated carbocycles. The first-order valence-corrected chi connectivity index (χ1v) is 13.0. The van der Waals surface area contributed by atoms with Crippen LogP contribution in [0.25, 0.3) is 0 Å². The minimum atomic E-state index is -3.51. The van der Waals surface area contributed by atoms with Gasteiger partial charge in [-0.05, 0) is 29.7 Å². The van der Waals surface area contributed by atoms with Crippen molar-refractivity contribution in [3.8, 4) is 5.75 Å². The van der Waals surface area contributed by atoms with Crippen LogP contribution in [0.5, 0.6) is 5.75 Å². The Hall–Kier alpha value is -2.62. The molecule has 8 nitrogen and oxygen atoms in total. The lowest BCUT2D eigenvalue weighted by molar-refractivity contribution is -0.121. The van der Waals surface area contributed by atoms with Gasteiger partial charge in [0.2, 0.25) is 15.9 Å². The van der Waals surface area contributed by atoms with Gasteiger partial charge in [-0.2, -0.15) is 0 Å². The Labute approximate surface area is 196 Å². The number of sulfonamides is 1. The summed E-state index contributed by atoms with van der Waals surface area (Å²) in [5, 5.41) is 2.92. The fourth-order valence-electron chi connectivity index (χ4n) is 3.75. The molecule has 1 aliphatic rings. The molecule has 0 aromatic heterocycles. The number of methoxy groups -OCH3 is 1. The predicted molar refractivity (Wildman–Crippen MR) is 129 cm³/mol. The van der Waals surface area contributed by atoms with Crippen molar-refractivity contribution < 1.29 is 22.7 Å². The van der Waals surface area contributed by atoms with E-state index in [0.29, 0.717) is 24.4 Å². The summed E-state index contributed by atoms with van der Waals surface area (Å²) in [6.45, 7) is 5.01. The molecule has 1 N–H and O–H groups in total. The number of ether oxygens (including phenoxy) is 2. The van der Waals surface area contributed by atoms with E-state index in [4.69, 9.17) is 9.47 Å². The fraction of sp³-hybridized carbons (Fsp3) is 0.458. The summed E-state index contributed by atoms with van der Waals surface area (Å²) in [5.41, 5.74) is 2.74. The molecule has 2 aromatic rings. The molecule has 1 heterocycles. The summed E-state index contributed by atoms with van der Waals surface area (Å²) in [6, 6.07) is 15.2. The van der Waals surface area contributed by atoms with Crippen LogP contribution in [0.4, 0.5) is 5.69 Å². The second-order valence-electron chi connectivity index (χ2n) is 8.09. The highest BCUT2D eigenvalue weighted by Crippen LogP contribution is 2.29. The van der Waals surface area contributed by atoms with Gasteiger partial charge in [0.05, 0.1) is 32.3 Å². The fourth-order valence-corrected chi connectivity index (χ4v) is 4.72. The Morgan fingerprint density at radius 2 is 1.76 bits per heavy atom. The van der Waals surface area contributed by atoms with Gasteiger partial charge in [-0.3, -0.25) is 14.0 Å². The van der Waals surface area contributed by atoms with E-state index >= 15 is 0 Å². The quantitative estimate of drug-likeness (QED) is 0.537. The minimum absolute atomic E-state index is 0.110. The van der Waals surface area contributed by atoms with Crippen molar-refractivity contribution >= 4 is 21.6 Å². The molecule has 180 valence electrons. The van der Waals surface area contributed by atoms with Gasteiger partial charge in [-0.15, -0.1) is 0 Å². The lowest BCUT2D eigenvalue weighted by Gasteiger charge is -2.26. The molecule has 33 heavy (non-hydrogen) atoms. The third-order valence-electron chi connectivity index (χ3n) is 5.54. The molecule has 1 amide bonds. The number of anilines is 1. The van der Waals surface area contributed by atoms with Gasteiger partial charge in [0.1, 0.15) is 5.75 Å². The van der Waals surface area contributed by atoms with Crippen molar-refractivity contribution in [2.45, 2.75) is 25.9 Å². The summed E-state index contributed by atoms with van der Waals surface area (Å²) in [6.07, 6.45) is 1.79. The van der Waals surface area contributed by atoms with Crippen molar-refractivity contribution in [3.05, 3.63) is 59.7 Å². The molecule has 9 heteroatoms. The number of amides is 1. The van der Waals surface area contributed by atoms with Gasteiger partial charge in [0, 0.05) is 39.1 Å². The lowest BCUT2D eigenvalue weighted by atomic mass is 10.1. The zero-order valence-electron chi connectivity index (χ0n) is 19.3. The average molecular weight is 476 g/mol. The number of nitrogens with zero attached hydrogens (tertiary/aromatic N) is 2. The van der Waals surface area contributed by atoms with E-state index in [1.54, 1.807) is 24.3 Å². The number of para-hydroxylation sites is 2. The number of nitrogens with one attached hydrogen (secondary N) is 1. The minimum Gasteiger partial charge on any atom is -0.495 e. The summed E-state index contributed by atoms with van der Waals surface area (Å²) in [5.74, 6) is 0.366. The van der Waals surface area contributed by atoms with Crippen molar-refractivity contribution in [3.63, 3.8) is 0 Å². The molecular formula is C24H33N3O5S. The van der Waals surface area contributed by atoms with Crippen molar-refractivity contribution in [1.29, 1.82) is 0 Å². The molecule has 0 spiro atoms. The molecule has 0 aliphatic carbocycles. The lowest BCUT2D eigenvalue weighted by Crippen LogP contribution is -2.35. The van der Waals surface area contributed by atoms with Gasteiger partial charge in [0.15, 0.2) is 0 Å². The van der Waals surface area contributed by atoms with Gasteiger partial charge in [0.25, 0.3) is 0 Å². The first-order valence-electron chi connectivity index (χ1n) is 11.1. The molecule has 1 saturated heterocycles. The average Bonchev–Trinajstić information content (AvgIpc) is 2.81. The van der Waals surface area contributed by atoms with Crippen LogP contribution in [-0.2, 0) is 32.6 Å². The summed E-state index contributed by atoms with van der Waals surface area (Å²) in [4.78, 5) is 14.7. The standard InChI is InChI=1S/C24H33N3O5S/c1-31-23-7-4-3-6-22(23)27(33(2,29)30)13-5-8-24(28)25-18-20-9-11-21(12-10-20)19-26-14-16-32-17-15-26/h3-4,6-7,9-12H,5,8,13-19H2,1-2H3,(H,25,28). The van der Waals surface area contributed by atoms with E-state index in [2.05, 4.69) is 22.3 Å². The van der Waals surface area contributed by atoms with E-state index in [1.807, 2.05) is 12.1 Å². The van der Waals surface area contributed by atoms with E-state index in [1.165, 1.54) is 17.0 Å². The zero-order chi connectivity index (χ0) is 23.7. The van der Waals surface area contributed by atoms with Gasteiger partial charge >= 0.3 is 0 Å². The van der Waals surface area contributed by atoms with Crippen molar-refractivity contribution in [2.24, 2.45) is 0 Å². The smallest absolute Gasteiger partial charge is 0.232 e. The topological polar surface area (TPSA) is 88.2 Å². The number of rotatable bonds is 11. The molecule has 2 aromatic carbocycles. The normalized spacial score (nSPS) is 14.6. The van der Waals surface area contributed by atoms with Crippen molar-refractivity contribution in [2.75, 3.05) is 50.5 Å². The summed E-state index contributed by atoms with van der Waals surface area (Å²) < 4.78 is 36.6. The van der Waals surface area contributed by atoms with E-state index in [9.17, 15) is 13.2 Å². The van der Waals surface area contributed by atoms with Crippen LogP contribution < -0.4 is 14.4 Å². The number of hydrogen-bond donors (Lipinski definition) is 1. The Bertz CT molecular complexity index is 1010. The van der Waals surface area contributed by atoms with E-state index < -0.39 is 10.0 Å². The Kier molecular flexibility index (Phi) is 9.11. The van der Waals surface area contributed by atoms with Crippen LogP contribution in [0, 0.1) is 0 Å². The first kappa shape index (κ1) is 25.0. The van der Waals surface area contributed by atoms with Crippen LogP contribution in [0.15, 0.2) is 48.5 Å². The Morgan fingerprint density at radius 3 is 2.42 bits per heavy atom. The molecule has 0 atom stereocenters. The highest BCUT2D eigenvalue weighted by atomic mass is 32.2. The predicted octanol–water partition coefficient (Wildman–Crippen LogP) is 2.39. The second-order valence-corrected chi connectivity index (χ2v) is 10.00. The molecule has 0 unspecified atom stereocenters. The molecular weight excluding hydrogens is 442 g/mol. The van der Waals surface area contributed by atoms with Gasteiger partial charge in [-0.25, -0.2) is 8.42 Å². The third kappa shape index (κ3) is 7.73. The van der Waals surface area contributed by atoms with E-state index in [0.717, 1.165) is 44.7 Å². The molecule has 3 rings (SSSR count). The molecule has 0 radical (unpaired) electrons. The highest BCUT2D eigenvalue weighted by Gasteiger charge is 2.20. The number of carbonyl (C=O) groups excluding carboxylic acids is 1. The van der Waals surface area contributed by atoms with Crippen molar-refractivity contribution in [1.82, 2.24) is 10.2 Å². The number of benzene rings is 2. The largest absolute Gasteiger partial charge is 0.495 e. The molecule has 1 aliphatic heterocycles. The monoisotopic (exact) mass is 475 g/mol. The maximum absolute atomic E-state index is 12.3. The SMILES string of the molecule is COc1ccccc1N(CCCC(=O)NCc1ccc(CN2CCOCC2)cc1)S(C)(=O)=O. The third-order valence-corrected chi connectivity index (χ3v) is 6.72. The second kappa shape index (κ2) is 12.0. The summed E-state index contributed by atoms with van der Waals surface area (Å²) in [7, 11) is -2.01. The Balaban J connectivity index is 1.45. The van der Waals surface area contributed by atoms with E-state index in [-0.39, 0.29) is 18.9 Å². The number of morpholine rings is 1. The van der Waals surface area contributed by atoms with Crippen LogP contribution in [-0.4, -0.2) is 65.4 Å². The molecule has 1 fully saturated rings. The van der Waals surface area contributed by atoms with Crippen LogP contribution in [0.3, 0.4) is 0 Å². The van der Waals surface area contributed by atoms with Gasteiger partial charge in [-0.1, -0.05) is 36.4 Å². The first-order chi connectivity index (χ1) is 15.9. The number of hydrogen-bond acceptors (Lipinski definition) is 6. The molecule has 0 bridgehead atoms. The zero-order valence-corrected chi connectivity index (χ0v) is 20.1. The maximum Gasteiger partial charge on any atom is 0.232 e. The summed E-state index contributed by atoms with van der Waals surface area (Å²) >= 11 is 0. The van der Waals surface area contributed by atoms with Crippen LogP contribution >= 0.6 is 0 Å². The van der Waals surface area contributed by atoms with Crippen LogP contribution in [0.2, 0.25) is 0 Å². The van der Waals surface area contributed by atoms with Crippen LogP contribution in [0.1, 0.15) is 24.0 Å². The maximum atomic E-state index is 12.3.